The Morgan fingerprint density at radius 2 is 2.23 bits per heavy atom. The molecule has 0 saturated heterocycles. The molecule has 0 aromatic heterocycles. The maximum atomic E-state index is 9.19. The van der Waals surface area contributed by atoms with E-state index in [-0.39, 0.29) is 5.75 Å². The summed E-state index contributed by atoms with van der Waals surface area (Å²) in [5.41, 5.74) is 6.68. The smallest absolute Gasteiger partial charge is 0.116 e. The Bertz CT molecular complexity index is 288. The van der Waals surface area contributed by atoms with Crippen LogP contribution in [0.25, 0.3) is 0 Å². The van der Waals surface area contributed by atoms with E-state index in [0.29, 0.717) is 12.5 Å². The van der Waals surface area contributed by atoms with Gasteiger partial charge in [0.2, 0.25) is 0 Å². The van der Waals surface area contributed by atoms with Gasteiger partial charge < -0.3 is 10.8 Å². The van der Waals surface area contributed by atoms with Gasteiger partial charge in [-0.1, -0.05) is 28.9 Å². The fourth-order valence-corrected chi connectivity index (χ4v) is 2.08. The van der Waals surface area contributed by atoms with Crippen LogP contribution in [0.5, 0.6) is 5.75 Å². The Hall–Kier alpha value is -0.540. The van der Waals surface area contributed by atoms with Gasteiger partial charge in [-0.25, -0.2) is 0 Å². The van der Waals surface area contributed by atoms with E-state index in [1.165, 1.54) is 5.56 Å². The Balaban J connectivity index is 2.88. The molecular formula is C10H14BrNO. The lowest BCUT2D eigenvalue weighted by Gasteiger charge is -2.12. The third-order valence-electron chi connectivity index (χ3n) is 2.11. The van der Waals surface area contributed by atoms with Gasteiger partial charge in [0.25, 0.3) is 0 Å². The molecule has 13 heavy (non-hydrogen) atoms. The van der Waals surface area contributed by atoms with Crippen molar-refractivity contribution in [2.75, 3.05) is 6.54 Å². The molecule has 0 radical (unpaired) electrons. The number of phenols is 1. The van der Waals surface area contributed by atoms with Gasteiger partial charge in [0.1, 0.15) is 5.75 Å². The zero-order valence-electron chi connectivity index (χ0n) is 7.63. The number of halogens is 1. The third-order valence-corrected chi connectivity index (χ3v) is 2.80. The molecule has 0 spiro atoms. The lowest BCUT2D eigenvalue weighted by molar-refractivity contribution is 0.474. The molecule has 1 atom stereocenters. The molecule has 1 aromatic rings. The zero-order valence-corrected chi connectivity index (χ0v) is 9.21. The van der Waals surface area contributed by atoms with E-state index < -0.39 is 0 Å². The second kappa shape index (κ2) is 4.63. The van der Waals surface area contributed by atoms with Crippen LogP contribution >= 0.6 is 15.9 Å². The molecule has 0 aliphatic rings. The molecule has 2 nitrogen and oxygen atoms in total. The average Bonchev–Trinajstić information content (AvgIpc) is 2.04. The maximum absolute atomic E-state index is 9.19. The summed E-state index contributed by atoms with van der Waals surface area (Å²) in [5, 5.41) is 9.19. The van der Waals surface area contributed by atoms with Crippen molar-refractivity contribution in [3.63, 3.8) is 0 Å². The van der Waals surface area contributed by atoms with Gasteiger partial charge >= 0.3 is 0 Å². The van der Waals surface area contributed by atoms with Crippen molar-refractivity contribution in [2.45, 2.75) is 19.3 Å². The van der Waals surface area contributed by atoms with Crippen LogP contribution < -0.4 is 5.73 Å². The van der Waals surface area contributed by atoms with Gasteiger partial charge in [0, 0.05) is 4.47 Å². The highest BCUT2D eigenvalue weighted by Crippen LogP contribution is 2.29. The summed E-state index contributed by atoms with van der Waals surface area (Å²) in [6.07, 6.45) is 0.962. The van der Waals surface area contributed by atoms with E-state index >= 15 is 0 Å². The number of rotatable bonds is 3. The number of phenolic OH excluding ortho intramolecular Hbond substituents is 1. The van der Waals surface area contributed by atoms with Crippen LogP contribution in [0.3, 0.4) is 0 Å². The number of nitrogens with two attached hydrogens (primary N) is 1. The summed E-state index contributed by atoms with van der Waals surface area (Å²) in [4.78, 5) is 0. The van der Waals surface area contributed by atoms with Gasteiger partial charge in [0.15, 0.2) is 0 Å². The second-order valence-electron chi connectivity index (χ2n) is 3.18. The molecule has 72 valence electrons. The molecule has 0 heterocycles. The Labute approximate surface area is 86.9 Å². The van der Waals surface area contributed by atoms with Crippen LogP contribution in [0.2, 0.25) is 0 Å². The molecule has 0 saturated carbocycles. The summed E-state index contributed by atoms with van der Waals surface area (Å²) >= 11 is 3.42. The van der Waals surface area contributed by atoms with Gasteiger partial charge in [-0.05, 0) is 36.6 Å². The number of hydrogen-bond acceptors (Lipinski definition) is 2. The Morgan fingerprint density at radius 1 is 1.54 bits per heavy atom. The lowest BCUT2D eigenvalue weighted by atomic mass is 9.98. The second-order valence-corrected chi connectivity index (χ2v) is 4.04. The van der Waals surface area contributed by atoms with Crippen LogP contribution in [0.15, 0.2) is 22.7 Å². The first-order valence-corrected chi connectivity index (χ1v) is 5.13. The van der Waals surface area contributed by atoms with Crippen molar-refractivity contribution in [1.82, 2.24) is 0 Å². The predicted molar refractivity (Wildman–Crippen MR) is 57.9 cm³/mol. The number of benzene rings is 1. The predicted octanol–water partition coefficient (Wildman–Crippen LogP) is 2.61. The van der Waals surface area contributed by atoms with Crippen LogP contribution in [-0.4, -0.2) is 11.7 Å². The van der Waals surface area contributed by atoms with E-state index in [9.17, 15) is 5.11 Å². The minimum atomic E-state index is 0.288. The highest BCUT2D eigenvalue weighted by Gasteiger charge is 2.08. The van der Waals surface area contributed by atoms with Gasteiger partial charge in [-0.2, -0.15) is 0 Å². The third kappa shape index (κ3) is 2.71. The van der Waals surface area contributed by atoms with E-state index in [1.54, 1.807) is 12.1 Å². The largest absolute Gasteiger partial charge is 0.508 e. The van der Waals surface area contributed by atoms with Crippen LogP contribution in [0.1, 0.15) is 24.8 Å². The zero-order chi connectivity index (χ0) is 9.84. The van der Waals surface area contributed by atoms with Crippen LogP contribution in [-0.2, 0) is 0 Å². The van der Waals surface area contributed by atoms with Crippen molar-refractivity contribution in [1.29, 1.82) is 0 Å². The van der Waals surface area contributed by atoms with Crippen molar-refractivity contribution >= 4 is 15.9 Å². The number of aromatic hydroxyl groups is 1. The quantitative estimate of drug-likeness (QED) is 0.858. The summed E-state index contributed by atoms with van der Waals surface area (Å²) in [6.45, 7) is 2.82. The van der Waals surface area contributed by atoms with Crippen LogP contribution in [0, 0.1) is 0 Å². The topological polar surface area (TPSA) is 46.2 Å². The highest BCUT2D eigenvalue weighted by molar-refractivity contribution is 9.10. The molecule has 1 rings (SSSR count). The fraction of sp³-hybridized carbons (Fsp3) is 0.400. The SMILES string of the molecule is CC(CCN)c1ccc(O)cc1Br. The standard InChI is InChI=1S/C10H14BrNO/c1-7(4-5-12)9-3-2-8(13)6-10(9)11/h2-3,6-7,13H,4-5,12H2,1H3. The van der Waals surface area contributed by atoms with Crippen LogP contribution in [0.4, 0.5) is 0 Å². The molecule has 1 aromatic carbocycles. The molecule has 1 unspecified atom stereocenters. The average molecular weight is 244 g/mol. The Morgan fingerprint density at radius 3 is 2.77 bits per heavy atom. The fourth-order valence-electron chi connectivity index (χ4n) is 1.32. The maximum Gasteiger partial charge on any atom is 0.116 e. The van der Waals surface area contributed by atoms with Gasteiger partial charge in [-0.3, -0.25) is 0 Å². The summed E-state index contributed by atoms with van der Waals surface area (Å²) in [7, 11) is 0. The molecule has 3 heteroatoms. The van der Waals surface area contributed by atoms with E-state index in [4.69, 9.17) is 5.73 Å². The van der Waals surface area contributed by atoms with Crippen molar-refractivity contribution in [2.24, 2.45) is 5.73 Å². The van der Waals surface area contributed by atoms with Crippen molar-refractivity contribution in [3.05, 3.63) is 28.2 Å². The normalized spacial score (nSPS) is 12.8. The van der Waals surface area contributed by atoms with E-state index in [2.05, 4.69) is 22.9 Å². The summed E-state index contributed by atoms with van der Waals surface area (Å²) < 4.78 is 0.952. The number of hydrogen-bond donors (Lipinski definition) is 2. The van der Waals surface area contributed by atoms with E-state index in [0.717, 1.165) is 10.9 Å². The lowest BCUT2D eigenvalue weighted by Crippen LogP contribution is -2.04. The van der Waals surface area contributed by atoms with Gasteiger partial charge in [-0.15, -0.1) is 0 Å². The minimum absolute atomic E-state index is 0.288. The molecule has 0 bridgehead atoms. The minimum Gasteiger partial charge on any atom is -0.508 e. The molecular weight excluding hydrogens is 230 g/mol. The first kappa shape index (κ1) is 10.5. The molecule has 0 fully saturated rings. The highest BCUT2D eigenvalue weighted by atomic mass is 79.9. The molecule has 0 amide bonds. The molecule has 3 N–H and O–H groups in total. The van der Waals surface area contributed by atoms with E-state index in [1.807, 2.05) is 6.07 Å². The first-order chi connectivity index (χ1) is 6.15. The van der Waals surface area contributed by atoms with Gasteiger partial charge in [0.05, 0.1) is 0 Å². The summed E-state index contributed by atoms with van der Waals surface area (Å²) in [5.74, 6) is 0.718. The Kier molecular flexibility index (Phi) is 3.75. The van der Waals surface area contributed by atoms with Crippen molar-refractivity contribution in [3.8, 4) is 5.75 Å². The molecule has 0 aliphatic heterocycles. The monoisotopic (exact) mass is 243 g/mol. The molecule has 0 aliphatic carbocycles. The summed E-state index contributed by atoms with van der Waals surface area (Å²) in [6, 6.07) is 5.34. The van der Waals surface area contributed by atoms with Crippen molar-refractivity contribution < 1.29 is 5.11 Å². The first-order valence-electron chi connectivity index (χ1n) is 4.33.